The Kier molecular flexibility index (Phi) is 5.99. The lowest BCUT2D eigenvalue weighted by Crippen LogP contribution is -2.26. The maximum absolute atomic E-state index is 11.1. The predicted octanol–water partition coefficient (Wildman–Crippen LogP) is 1.50. The van der Waals surface area contributed by atoms with Crippen LogP contribution in [-0.4, -0.2) is 42.7 Å². The lowest BCUT2D eigenvalue weighted by atomic mass is 10.1. The van der Waals surface area contributed by atoms with Crippen molar-refractivity contribution >= 4 is 6.16 Å². The van der Waals surface area contributed by atoms with E-state index < -0.39 is 12.3 Å². The number of aliphatic hydroxyl groups is 1. The zero-order valence-corrected chi connectivity index (χ0v) is 9.93. The quantitative estimate of drug-likeness (QED) is 0.263. The van der Waals surface area contributed by atoms with Crippen LogP contribution in [0.25, 0.3) is 10.4 Å². The fraction of sp³-hybridized carbons (Fsp3) is 0.700. The zero-order valence-electron chi connectivity index (χ0n) is 9.93. The highest BCUT2D eigenvalue weighted by atomic mass is 16.7. The first kappa shape index (κ1) is 14.3. The van der Waals surface area contributed by atoms with Crippen molar-refractivity contribution in [2.24, 2.45) is 5.11 Å². The Balaban J connectivity index is 2.35. The van der Waals surface area contributed by atoms with E-state index in [1.165, 1.54) is 6.08 Å². The second kappa shape index (κ2) is 7.54. The molecule has 18 heavy (non-hydrogen) atoms. The molecule has 0 spiro atoms. The smallest absolute Gasteiger partial charge is 0.431 e. The molecule has 1 saturated heterocycles. The molecule has 0 aromatic heterocycles. The average Bonchev–Trinajstić information content (AvgIpc) is 2.68. The van der Waals surface area contributed by atoms with Gasteiger partial charge in [0.05, 0.1) is 25.0 Å². The maximum atomic E-state index is 11.1. The Morgan fingerprint density at radius 2 is 2.50 bits per heavy atom. The molecule has 1 N–H and O–H groups in total. The van der Waals surface area contributed by atoms with Crippen molar-refractivity contribution in [2.45, 2.75) is 31.6 Å². The van der Waals surface area contributed by atoms with Gasteiger partial charge in [-0.3, -0.25) is 0 Å². The summed E-state index contributed by atoms with van der Waals surface area (Å²) < 4.78 is 14.7. The van der Waals surface area contributed by atoms with Gasteiger partial charge in [0.2, 0.25) is 0 Å². The minimum Gasteiger partial charge on any atom is -0.431 e. The van der Waals surface area contributed by atoms with Crippen LogP contribution in [0, 0.1) is 0 Å². The van der Waals surface area contributed by atoms with E-state index in [0.29, 0.717) is 6.42 Å². The van der Waals surface area contributed by atoms with Crippen LogP contribution in [0.2, 0.25) is 0 Å². The molecule has 1 aliphatic rings. The van der Waals surface area contributed by atoms with Gasteiger partial charge in [0.25, 0.3) is 0 Å². The van der Waals surface area contributed by atoms with Crippen LogP contribution in [0.4, 0.5) is 4.79 Å². The van der Waals surface area contributed by atoms with E-state index in [0.717, 1.165) is 6.26 Å². The summed E-state index contributed by atoms with van der Waals surface area (Å²) in [6.07, 6.45) is 1.48. The molecule has 1 heterocycles. The fourth-order valence-electron chi connectivity index (χ4n) is 1.61. The summed E-state index contributed by atoms with van der Waals surface area (Å²) in [5, 5.41) is 12.0. The largest absolute Gasteiger partial charge is 0.513 e. The molecule has 0 radical (unpaired) electrons. The van der Waals surface area contributed by atoms with Gasteiger partial charge in [-0.1, -0.05) is 5.11 Å². The molecule has 0 bridgehead atoms. The van der Waals surface area contributed by atoms with Crippen LogP contribution in [-0.2, 0) is 14.2 Å². The van der Waals surface area contributed by atoms with Gasteiger partial charge in [0.1, 0.15) is 12.7 Å². The summed E-state index contributed by atoms with van der Waals surface area (Å²) in [7, 11) is 0. The first-order valence-electron chi connectivity index (χ1n) is 5.46. The molecule has 0 aromatic rings. The van der Waals surface area contributed by atoms with Gasteiger partial charge in [0, 0.05) is 4.91 Å². The monoisotopic (exact) mass is 257 g/mol. The van der Waals surface area contributed by atoms with E-state index in [9.17, 15) is 4.79 Å². The Bertz CT molecular complexity index is 353. The third-order valence-electron chi connectivity index (χ3n) is 2.34. The van der Waals surface area contributed by atoms with Gasteiger partial charge in [-0.15, -0.1) is 0 Å². The minimum absolute atomic E-state index is 0.0418. The van der Waals surface area contributed by atoms with Crippen LogP contribution < -0.4 is 0 Å². The molecule has 1 fully saturated rings. The number of aliphatic hydroxyl groups excluding tert-OH is 1. The Morgan fingerprint density at radius 1 is 1.72 bits per heavy atom. The molecule has 0 unspecified atom stereocenters. The summed E-state index contributed by atoms with van der Waals surface area (Å²) >= 11 is 0. The topological polar surface area (TPSA) is 114 Å². The number of ether oxygens (including phenoxy) is 3. The predicted molar refractivity (Wildman–Crippen MR) is 60.5 cm³/mol. The van der Waals surface area contributed by atoms with Crippen LogP contribution in [0.15, 0.2) is 17.5 Å². The second-order valence-electron chi connectivity index (χ2n) is 3.73. The molecule has 1 rings (SSSR count). The van der Waals surface area contributed by atoms with E-state index in [4.69, 9.17) is 20.1 Å². The molecule has 0 aromatic carbocycles. The number of carbonyl (C=O) groups is 1. The number of rotatable bonds is 5. The van der Waals surface area contributed by atoms with Gasteiger partial charge >= 0.3 is 6.16 Å². The van der Waals surface area contributed by atoms with Gasteiger partial charge < -0.3 is 19.3 Å². The number of azide groups is 1. The molecule has 8 heteroatoms. The average molecular weight is 257 g/mol. The second-order valence-corrected chi connectivity index (χ2v) is 3.73. The van der Waals surface area contributed by atoms with Crippen LogP contribution in [0.5, 0.6) is 0 Å². The highest BCUT2D eigenvalue weighted by Crippen LogP contribution is 2.23. The van der Waals surface area contributed by atoms with E-state index in [-0.39, 0.29) is 25.4 Å². The summed E-state index contributed by atoms with van der Waals surface area (Å²) in [6.45, 7) is 1.58. The van der Waals surface area contributed by atoms with Crippen molar-refractivity contribution in [3.63, 3.8) is 0 Å². The summed E-state index contributed by atoms with van der Waals surface area (Å²) in [4.78, 5) is 13.8. The molecule has 8 nitrogen and oxygen atoms in total. The highest BCUT2D eigenvalue weighted by molar-refractivity contribution is 5.60. The van der Waals surface area contributed by atoms with Crippen molar-refractivity contribution in [2.75, 3.05) is 13.2 Å². The normalized spacial score (nSPS) is 26.9. The summed E-state index contributed by atoms with van der Waals surface area (Å²) in [5.41, 5.74) is 8.39. The number of hydrogen-bond donors (Lipinski definition) is 1. The lowest BCUT2D eigenvalue weighted by Gasteiger charge is -2.13. The van der Waals surface area contributed by atoms with E-state index in [1.807, 2.05) is 6.92 Å². The minimum atomic E-state index is -0.900. The van der Waals surface area contributed by atoms with Gasteiger partial charge in [-0.25, -0.2) is 4.79 Å². The van der Waals surface area contributed by atoms with Gasteiger partial charge in [0.15, 0.2) is 0 Å². The maximum Gasteiger partial charge on any atom is 0.513 e. The SMILES string of the molecule is C[C@H]1C[C@@H](N=[N+]=[N-])[C@@H](COC(=O)OC=CCO)O1. The Labute approximate surface area is 104 Å². The lowest BCUT2D eigenvalue weighted by molar-refractivity contribution is -0.00564. The highest BCUT2D eigenvalue weighted by Gasteiger charge is 2.33. The summed E-state index contributed by atoms with van der Waals surface area (Å²) in [5.74, 6) is 0. The number of nitrogens with zero attached hydrogens (tertiary/aromatic N) is 3. The number of carbonyl (C=O) groups excluding carboxylic acids is 1. The third kappa shape index (κ3) is 4.62. The molecule has 0 aliphatic carbocycles. The van der Waals surface area contributed by atoms with Crippen LogP contribution in [0.1, 0.15) is 13.3 Å². The molecule has 1 aliphatic heterocycles. The Morgan fingerprint density at radius 3 is 3.17 bits per heavy atom. The van der Waals surface area contributed by atoms with Crippen molar-refractivity contribution in [1.82, 2.24) is 0 Å². The molecule has 3 atom stereocenters. The van der Waals surface area contributed by atoms with E-state index >= 15 is 0 Å². The van der Waals surface area contributed by atoms with Gasteiger partial charge in [-0.05, 0) is 25.0 Å². The van der Waals surface area contributed by atoms with E-state index in [1.54, 1.807) is 0 Å². The van der Waals surface area contributed by atoms with Crippen molar-refractivity contribution in [1.29, 1.82) is 0 Å². The van der Waals surface area contributed by atoms with Crippen molar-refractivity contribution < 1.29 is 24.1 Å². The van der Waals surface area contributed by atoms with Crippen molar-refractivity contribution in [3.8, 4) is 0 Å². The fourth-order valence-corrected chi connectivity index (χ4v) is 1.61. The van der Waals surface area contributed by atoms with Crippen molar-refractivity contribution in [3.05, 3.63) is 22.8 Å². The van der Waals surface area contributed by atoms with E-state index in [2.05, 4.69) is 14.8 Å². The zero-order chi connectivity index (χ0) is 13.4. The Hall–Kier alpha value is -1.76. The standard InChI is InChI=1S/C10H15N3O5/c1-7-5-8(12-13-11)9(18-7)6-17-10(15)16-4-2-3-14/h2,4,7-9,14H,3,5-6H2,1H3/t7-,8+,9+/m0/s1. The van der Waals surface area contributed by atoms with Crippen LogP contribution >= 0.6 is 0 Å². The first-order chi connectivity index (χ1) is 8.67. The molecular formula is C10H15N3O5. The molecule has 0 saturated carbocycles. The van der Waals surface area contributed by atoms with Gasteiger partial charge in [-0.2, -0.15) is 0 Å². The molecule has 100 valence electrons. The van der Waals surface area contributed by atoms with Crippen LogP contribution in [0.3, 0.4) is 0 Å². The molecular weight excluding hydrogens is 242 g/mol. The first-order valence-corrected chi connectivity index (χ1v) is 5.46. The third-order valence-corrected chi connectivity index (χ3v) is 2.34. The number of hydrogen-bond acceptors (Lipinski definition) is 6. The summed E-state index contributed by atoms with van der Waals surface area (Å²) in [6, 6.07) is -0.342. The molecule has 0 amide bonds.